The van der Waals surface area contributed by atoms with Crippen LogP contribution in [0.2, 0.25) is 0 Å². The molecule has 0 amide bonds. The second-order valence-corrected chi connectivity index (χ2v) is 6.14. The number of hydrogen-bond acceptors (Lipinski definition) is 2. The summed E-state index contributed by atoms with van der Waals surface area (Å²) in [7, 11) is 0. The monoisotopic (exact) mass is 292 g/mol. The van der Waals surface area contributed by atoms with Crippen LogP contribution in [0.3, 0.4) is 0 Å². The van der Waals surface area contributed by atoms with Gasteiger partial charge in [0, 0.05) is 4.86 Å². The number of unbranched alkanes of at least 4 members (excludes halogenated alkanes) is 9. The number of hydrogen-bond donors (Lipinski definition) is 0. The molecule has 0 aliphatic heterocycles. The Morgan fingerprint density at radius 1 is 0.850 bits per heavy atom. The Morgan fingerprint density at radius 2 is 1.40 bits per heavy atom. The first-order valence-electron chi connectivity index (χ1n) is 8.21. The van der Waals surface area contributed by atoms with Gasteiger partial charge in [0.15, 0.2) is 5.78 Å². The van der Waals surface area contributed by atoms with Gasteiger partial charge in [0.25, 0.3) is 0 Å². The third-order valence-electron chi connectivity index (χ3n) is 3.83. The second-order valence-electron chi connectivity index (χ2n) is 5.70. The summed E-state index contributed by atoms with van der Waals surface area (Å²) in [6.07, 6.45) is 19.4. The summed E-state index contributed by atoms with van der Waals surface area (Å²) < 4.78 is 0. The van der Waals surface area contributed by atoms with E-state index < -0.39 is 0 Å². The second kappa shape index (κ2) is 11.0. The van der Waals surface area contributed by atoms with E-state index in [2.05, 4.69) is 6.92 Å². The SMILES string of the molecule is CCCCCCCCCCCCC1=CC(=O)C=CC1=S. The van der Waals surface area contributed by atoms with E-state index in [4.69, 9.17) is 12.2 Å². The molecule has 0 bridgehead atoms. The summed E-state index contributed by atoms with van der Waals surface area (Å²) in [6, 6.07) is 0. The number of thiocarbonyl (C=S) groups is 1. The fourth-order valence-electron chi connectivity index (χ4n) is 2.55. The van der Waals surface area contributed by atoms with Gasteiger partial charge in [0.2, 0.25) is 0 Å². The van der Waals surface area contributed by atoms with Gasteiger partial charge in [0.1, 0.15) is 0 Å². The quantitative estimate of drug-likeness (QED) is 0.357. The molecule has 0 aromatic rings. The summed E-state index contributed by atoms with van der Waals surface area (Å²) in [4.78, 5) is 12.1. The fourth-order valence-corrected chi connectivity index (χ4v) is 2.78. The minimum Gasteiger partial charge on any atom is -0.290 e. The first-order chi connectivity index (χ1) is 9.74. The molecule has 20 heavy (non-hydrogen) atoms. The third kappa shape index (κ3) is 7.74. The molecule has 1 nitrogen and oxygen atoms in total. The van der Waals surface area contributed by atoms with E-state index in [9.17, 15) is 4.79 Å². The Hall–Kier alpha value is -0.760. The largest absolute Gasteiger partial charge is 0.290 e. The molecule has 0 unspecified atom stereocenters. The van der Waals surface area contributed by atoms with Crippen molar-refractivity contribution in [3.63, 3.8) is 0 Å². The van der Waals surface area contributed by atoms with Crippen LogP contribution in [0, 0.1) is 0 Å². The zero-order valence-corrected chi connectivity index (χ0v) is 13.6. The van der Waals surface area contributed by atoms with Crippen molar-refractivity contribution in [2.24, 2.45) is 0 Å². The molecule has 0 aromatic carbocycles. The van der Waals surface area contributed by atoms with Crippen LogP contribution in [0.5, 0.6) is 0 Å². The zero-order chi connectivity index (χ0) is 14.6. The standard InChI is InChI=1S/C18H28OS/c1-2-3-4-5-6-7-8-9-10-11-12-16-15-17(19)13-14-18(16)20/h13-15H,2-12H2,1H3. The van der Waals surface area contributed by atoms with Crippen LogP contribution in [-0.4, -0.2) is 10.6 Å². The van der Waals surface area contributed by atoms with Crippen LogP contribution < -0.4 is 0 Å². The lowest BCUT2D eigenvalue weighted by Crippen LogP contribution is -2.05. The van der Waals surface area contributed by atoms with E-state index in [0.29, 0.717) is 0 Å². The lowest BCUT2D eigenvalue weighted by molar-refractivity contribution is -0.110. The van der Waals surface area contributed by atoms with Crippen LogP contribution in [0.25, 0.3) is 0 Å². The highest BCUT2D eigenvalue weighted by atomic mass is 32.1. The topological polar surface area (TPSA) is 17.1 Å². The van der Waals surface area contributed by atoms with Gasteiger partial charge in [-0.15, -0.1) is 0 Å². The summed E-state index contributed by atoms with van der Waals surface area (Å²) in [6.45, 7) is 2.26. The maximum absolute atomic E-state index is 11.3. The molecule has 0 saturated carbocycles. The molecule has 0 aromatic heterocycles. The highest BCUT2D eigenvalue weighted by molar-refractivity contribution is 7.81. The van der Waals surface area contributed by atoms with Crippen LogP contribution in [0.1, 0.15) is 77.6 Å². The molecule has 0 N–H and O–H groups in total. The fraction of sp³-hybridized carbons (Fsp3) is 0.667. The van der Waals surface area contributed by atoms with Gasteiger partial charge in [0.05, 0.1) is 0 Å². The Morgan fingerprint density at radius 3 is 2.00 bits per heavy atom. The first kappa shape index (κ1) is 17.3. The highest BCUT2D eigenvalue weighted by Crippen LogP contribution is 2.17. The van der Waals surface area contributed by atoms with Gasteiger partial charge in [-0.05, 0) is 36.6 Å². The molecule has 0 fully saturated rings. The lowest BCUT2D eigenvalue weighted by atomic mass is 9.98. The Bertz CT molecular complexity index is 366. The minimum atomic E-state index is 0.0840. The highest BCUT2D eigenvalue weighted by Gasteiger charge is 2.08. The van der Waals surface area contributed by atoms with E-state index in [-0.39, 0.29) is 5.78 Å². The number of rotatable bonds is 11. The minimum absolute atomic E-state index is 0.0840. The molecular weight excluding hydrogens is 264 g/mol. The summed E-state index contributed by atoms with van der Waals surface area (Å²) in [5.74, 6) is 0.0840. The maximum atomic E-state index is 11.3. The van der Waals surface area contributed by atoms with Crippen molar-refractivity contribution in [3.8, 4) is 0 Å². The van der Waals surface area contributed by atoms with Gasteiger partial charge in [-0.2, -0.15) is 0 Å². The van der Waals surface area contributed by atoms with Gasteiger partial charge in [-0.3, -0.25) is 4.79 Å². The van der Waals surface area contributed by atoms with Crippen molar-refractivity contribution in [2.75, 3.05) is 0 Å². The van der Waals surface area contributed by atoms with Gasteiger partial charge < -0.3 is 0 Å². The molecule has 0 radical (unpaired) electrons. The molecule has 1 rings (SSSR count). The maximum Gasteiger partial charge on any atom is 0.179 e. The summed E-state index contributed by atoms with van der Waals surface area (Å²) in [5, 5.41) is 0. The molecule has 0 spiro atoms. The molecule has 112 valence electrons. The first-order valence-corrected chi connectivity index (χ1v) is 8.62. The van der Waals surface area contributed by atoms with E-state index in [0.717, 1.165) is 23.3 Å². The molecular formula is C18H28OS. The predicted molar refractivity (Wildman–Crippen MR) is 91.3 cm³/mol. The van der Waals surface area contributed by atoms with Crippen LogP contribution in [0.15, 0.2) is 23.8 Å². The van der Waals surface area contributed by atoms with E-state index in [1.807, 2.05) is 0 Å². The van der Waals surface area contributed by atoms with Gasteiger partial charge in [-0.1, -0.05) is 76.9 Å². The van der Waals surface area contributed by atoms with Gasteiger partial charge >= 0.3 is 0 Å². The lowest BCUT2D eigenvalue weighted by Gasteiger charge is -2.08. The normalized spacial score (nSPS) is 14.8. The van der Waals surface area contributed by atoms with Crippen molar-refractivity contribution < 1.29 is 4.79 Å². The van der Waals surface area contributed by atoms with Crippen LogP contribution >= 0.6 is 12.2 Å². The van der Waals surface area contributed by atoms with E-state index in [1.54, 1.807) is 18.2 Å². The number of carbonyl (C=O) groups excluding carboxylic acids is 1. The molecule has 1 aliphatic carbocycles. The van der Waals surface area contributed by atoms with Crippen molar-refractivity contribution in [1.82, 2.24) is 0 Å². The zero-order valence-electron chi connectivity index (χ0n) is 12.8. The van der Waals surface area contributed by atoms with Crippen molar-refractivity contribution in [1.29, 1.82) is 0 Å². The smallest absolute Gasteiger partial charge is 0.179 e. The van der Waals surface area contributed by atoms with Crippen molar-refractivity contribution >= 4 is 22.9 Å². The number of allylic oxidation sites excluding steroid dienone is 4. The summed E-state index contributed by atoms with van der Waals surface area (Å²) in [5.41, 5.74) is 1.06. The molecule has 1 aliphatic rings. The Kier molecular flexibility index (Phi) is 9.48. The molecule has 0 atom stereocenters. The average Bonchev–Trinajstić information content (AvgIpc) is 2.44. The van der Waals surface area contributed by atoms with Crippen molar-refractivity contribution in [3.05, 3.63) is 23.8 Å². The Labute approximate surface area is 129 Å². The Balaban J connectivity index is 1.95. The molecule has 0 heterocycles. The van der Waals surface area contributed by atoms with Crippen LogP contribution in [0.4, 0.5) is 0 Å². The van der Waals surface area contributed by atoms with E-state index >= 15 is 0 Å². The molecule has 0 saturated heterocycles. The van der Waals surface area contributed by atoms with E-state index in [1.165, 1.54) is 57.8 Å². The molecule has 2 heteroatoms. The number of ketones is 1. The number of carbonyl (C=O) groups is 1. The average molecular weight is 292 g/mol. The van der Waals surface area contributed by atoms with Crippen molar-refractivity contribution in [2.45, 2.75) is 77.6 Å². The summed E-state index contributed by atoms with van der Waals surface area (Å²) >= 11 is 5.24. The van der Waals surface area contributed by atoms with Crippen LogP contribution in [-0.2, 0) is 4.79 Å². The predicted octanol–water partition coefficient (Wildman–Crippen LogP) is 5.73. The van der Waals surface area contributed by atoms with Gasteiger partial charge in [-0.25, -0.2) is 0 Å². The third-order valence-corrected chi connectivity index (χ3v) is 4.23.